The van der Waals surface area contributed by atoms with Crippen LogP contribution in [0.25, 0.3) is 0 Å². The van der Waals surface area contributed by atoms with Gasteiger partial charge in [0.05, 0.1) is 0 Å². The van der Waals surface area contributed by atoms with Gasteiger partial charge in [-0.3, -0.25) is 0 Å². The van der Waals surface area contributed by atoms with E-state index in [2.05, 4.69) is 0 Å². The van der Waals surface area contributed by atoms with E-state index in [4.69, 9.17) is 0 Å². The van der Waals surface area contributed by atoms with Gasteiger partial charge < -0.3 is 21.9 Å². The van der Waals surface area contributed by atoms with Gasteiger partial charge in [0.25, 0.3) is 0 Å². The minimum Gasteiger partial charge on any atom is -0.870 e. The van der Waals surface area contributed by atoms with Crippen molar-refractivity contribution < 1.29 is 21.9 Å². The zero-order valence-electron chi connectivity index (χ0n) is 1.89. The van der Waals surface area contributed by atoms with Crippen LogP contribution < -0.4 is 0 Å². The lowest BCUT2D eigenvalue weighted by Crippen LogP contribution is -0.290. The molecule has 0 unspecified atom stereocenters. The first-order valence-corrected chi connectivity index (χ1v) is 0. The van der Waals surface area contributed by atoms with E-state index < -0.39 is 0 Å². The lowest BCUT2D eigenvalue weighted by molar-refractivity contribution is 0.823. The van der Waals surface area contributed by atoms with Gasteiger partial charge in [0, 0.05) is 0 Å². The molecule has 4 nitrogen and oxygen atoms in total. The molecule has 0 aliphatic carbocycles. The summed E-state index contributed by atoms with van der Waals surface area (Å²) in [6.07, 6.45) is 0. The van der Waals surface area contributed by atoms with E-state index in [0.717, 1.165) is 0 Å². The summed E-state index contributed by atoms with van der Waals surface area (Å²) in [7, 11) is 0. The average Bonchev–Trinajstić information content (AvgIpc) is 0. The maximum absolute atomic E-state index is 0. The summed E-state index contributed by atoms with van der Waals surface area (Å²) in [4.78, 5) is 0. The van der Waals surface area contributed by atoms with Crippen molar-refractivity contribution in [1.82, 2.24) is 0 Å². The van der Waals surface area contributed by atoms with Crippen molar-refractivity contribution >= 4 is 0 Å². The molecule has 0 aromatic heterocycles. The Hall–Kier alpha value is -0.160. The molecule has 0 bridgehead atoms. The fourth-order valence-corrected chi connectivity index (χ4v) is 0. The van der Waals surface area contributed by atoms with Crippen molar-refractivity contribution in [2.75, 3.05) is 0 Å². The van der Waals surface area contributed by atoms with Crippen LogP contribution >= 0.6 is 0 Å². The second-order valence-corrected chi connectivity index (χ2v) is 0. The highest BCUT2D eigenvalue weighted by Crippen LogP contribution is 0.145. The molecule has 0 heterocycles. The SMILES string of the molecule is C.C.O.O.[OH-].[OH-]. The summed E-state index contributed by atoms with van der Waals surface area (Å²) in [5.41, 5.74) is 0. The van der Waals surface area contributed by atoms with Crippen LogP contribution in [0.3, 0.4) is 0 Å². The van der Waals surface area contributed by atoms with E-state index >= 15 is 0 Å². The fourth-order valence-electron chi connectivity index (χ4n) is 0. The third kappa shape index (κ3) is 1210. The van der Waals surface area contributed by atoms with Crippen LogP contribution in [0.5, 0.6) is 0 Å². The Bertz CT molecular complexity index is 5.51. The highest BCUT2D eigenvalue weighted by atomic mass is 16.0. The first-order chi connectivity index (χ1) is 0. The largest absolute Gasteiger partial charge is 0.870 e. The molecular formula is C2H14O4-2. The Labute approximate surface area is 38.0 Å². The molecule has 0 aliphatic rings. The highest BCUT2D eigenvalue weighted by molar-refractivity contribution is 2.50. The number of hydrogen-bond acceptors (Lipinski definition) is 2. The third-order valence-electron chi connectivity index (χ3n) is 0. The average molecular weight is 102 g/mol. The van der Waals surface area contributed by atoms with Crippen molar-refractivity contribution in [2.45, 2.75) is 14.9 Å². The maximum atomic E-state index is 0. The van der Waals surface area contributed by atoms with Crippen LogP contribution in [-0.2, 0) is 0 Å². The normalized spacial score (nSPS) is 0. The van der Waals surface area contributed by atoms with E-state index in [1.807, 2.05) is 0 Å². The molecule has 0 aromatic carbocycles. The summed E-state index contributed by atoms with van der Waals surface area (Å²) in [5.74, 6) is 0. The molecule has 0 spiro atoms. The molecule has 0 aliphatic heterocycles. The molecule has 48 valence electrons. The summed E-state index contributed by atoms with van der Waals surface area (Å²) >= 11 is 0. The molecule has 0 saturated heterocycles. The lowest BCUT2D eigenvalue weighted by Gasteiger charge is -0.871. The van der Waals surface area contributed by atoms with Gasteiger partial charge in [-0.2, -0.15) is 0 Å². The monoisotopic (exact) mass is 102 g/mol. The quantitative estimate of drug-likeness (QED) is 0.400. The minimum atomic E-state index is 0. The zero-order valence-corrected chi connectivity index (χ0v) is 1.89. The predicted octanol–water partition coefficient (Wildman–Crippen LogP) is -0.731. The Morgan fingerprint density at radius 3 is 0.500 bits per heavy atom. The van der Waals surface area contributed by atoms with Gasteiger partial charge in [-0.1, -0.05) is 14.9 Å². The molecule has 0 aromatic rings. The first kappa shape index (κ1) is 5340. The standard InChI is InChI=1S/2CH4.4H2O/h2*1H4;4*1H2/p-2. The second-order valence-electron chi connectivity index (χ2n) is 0. The molecule has 4 heteroatoms. The van der Waals surface area contributed by atoms with Crippen LogP contribution in [0, 0.1) is 0 Å². The van der Waals surface area contributed by atoms with Crippen molar-refractivity contribution in [2.24, 2.45) is 0 Å². The van der Waals surface area contributed by atoms with E-state index in [1.54, 1.807) is 0 Å². The van der Waals surface area contributed by atoms with Crippen molar-refractivity contribution in [3.8, 4) is 0 Å². The van der Waals surface area contributed by atoms with E-state index in [9.17, 15) is 0 Å². The van der Waals surface area contributed by atoms with Crippen molar-refractivity contribution in [3.05, 3.63) is 0 Å². The van der Waals surface area contributed by atoms with Crippen molar-refractivity contribution in [1.29, 1.82) is 0 Å². The molecular weight excluding hydrogens is 88.0 g/mol. The fraction of sp³-hybridized carbons (Fsp3) is 1.00. The molecule has 0 amide bonds. The van der Waals surface area contributed by atoms with Gasteiger partial charge in [0.15, 0.2) is 0 Å². The van der Waals surface area contributed by atoms with Crippen LogP contribution in [0.15, 0.2) is 0 Å². The van der Waals surface area contributed by atoms with Gasteiger partial charge >= 0.3 is 0 Å². The van der Waals surface area contributed by atoms with Gasteiger partial charge in [-0.05, 0) is 0 Å². The smallest absolute Gasteiger partial charge is 0.0776 e. The Morgan fingerprint density at radius 2 is 0.500 bits per heavy atom. The molecule has 6 heavy (non-hydrogen) atoms. The Balaban J connectivity index is 0. The summed E-state index contributed by atoms with van der Waals surface area (Å²) in [6, 6.07) is 0. The van der Waals surface area contributed by atoms with Gasteiger partial charge in [-0.25, -0.2) is 0 Å². The molecule has 0 atom stereocenters. The summed E-state index contributed by atoms with van der Waals surface area (Å²) in [5, 5.41) is 0. The molecule has 6 N–H and O–H groups in total. The highest BCUT2D eigenvalue weighted by Gasteiger charge is -0.0765. The summed E-state index contributed by atoms with van der Waals surface area (Å²) < 4.78 is 0. The van der Waals surface area contributed by atoms with Crippen LogP contribution in [0.4, 0.5) is 0 Å². The lowest BCUT2D eigenvalue weighted by atomic mass is 12.0. The summed E-state index contributed by atoms with van der Waals surface area (Å²) in [6.45, 7) is 0. The number of hydrogen-bond donors (Lipinski definition) is 0. The third-order valence-corrected chi connectivity index (χ3v) is 0. The molecule has 0 rings (SSSR count). The Kier molecular flexibility index (Phi) is 2480000. The Morgan fingerprint density at radius 1 is 0.500 bits per heavy atom. The van der Waals surface area contributed by atoms with Gasteiger partial charge in [0.2, 0.25) is 0 Å². The minimum absolute atomic E-state index is 0. The number of rotatable bonds is 0. The van der Waals surface area contributed by atoms with Crippen molar-refractivity contribution in [3.63, 3.8) is 0 Å². The topological polar surface area (TPSA) is 123 Å². The molecule has 0 fully saturated rings. The molecule has 0 radical (unpaired) electrons. The van der Waals surface area contributed by atoms with E-state index in [-0.39, 0.29) is 36.8 Å². The maximum Gasteiger partial charge on any atom is -0.0776 e. The van der Waals surface area contributed by atoms with Crippen LogP contribution in [0.1, 0.15) is 14.9 Å². The van der Waals surface area contributed by atoms with Crippen LogP contribution in [-0.4, -0.2) is 21.9 Å². The van der Waals surface area contributed by atoms with E-state index in [0.29, 0.717) is 0 Å². The van der Waals surface area contributed by atoms with Gasteiger partial charge in [0.1, 0.15) is 0 Å². The molecule has 0 saturated carbocycles. The van der Waals surface area contributed by atoms with Crippen LogP contribution in [0.2, 0.25) is 0 Å². The zero-order chi connectivity index (χ0) is 0. The van der Waals surface area contributed by atoms with Gasteiger partial charge in [-0.15, -0.1) is 0 Å². The first-order valence-electron chi connectivity index (χ1n) is 0. The van der Waals surface area contributed by atoms with E-state index in [1.165, 1.54) is 0 Å². The predicted molar refractivity (Wildman–Crippen MR) is 24.6 cm³/mol. The second kappa shape index (κ2) is 2790.